The summed E-state index contributed by atoms with van der Waals surface area (Å²) in [4.78, 5) is 24.5. The van der Waals surface area contributed by atoms with Gasteiger partial charge in [0.05, 0.1) is 11.8 Å². The van der Waals surface area contributed by atoms with E-state index in [9.17, 15) is 9.59 Å². The van der Waals surface area contributed by atoms with Crippen LogP contribution in [0.2, 0.25) is 0 Å². The van der Waals surface area contributed by atoms with E-state index in [4.69, 9.17) is 9.47 Å². The van der Waals surface area contributed by atoms with Gasteiger partial charge < -0.3 is 9.47 Å². The predicted molar refractivity (Wildman–Crippen MR) is 77.3 cm³/mol. The molecule has 4 aliphatic rings. The number of hydrogen-bond acceptors (Lipinski definition) is 4. The summed E-state index contributed by atoms with van der Waals surface area (Å²) < 4.78 is 11.5. The van der Waals surface area contributed by atoms with Gasteiger partial charge in [0, 0.05) is 5.92 Å². The zero-order valence-corrected chi connectivity index (χ0v) is 13.2. The van der Waals surface area contributed by atoms with Crippen molar-refractivity contribution in [3.8, 4) is 0 Å². The van der Waals surface area contributed by atoms with Gasteiger partial charge in [-0.2, -0.15) is 0 Å². The average Bonchev–Trinajstić information content (AvgIpc) is 2.57. The SMILES string of the molecule is CCC(C(=O)OC1C2CC3CC(C2)C(=O)OC1C3)C(C)C. The first-order chi connectivity index (χ1) is 9.99. The summed E-state index contributed by atoms with van der Waals surface area (Å²) in [5.41, 5.74) is 0. The van der Waals surface area contributed by atoms with Crippen LogP contribution in [-0.2, 0) is 19.1 Å². The first kappa shape index (κ1) is 14.9. The maximum atomic E-state index is 12.4. The summed E-state index contributed by atoms with van der Waals surface area (Å²) in [5.74, 6) is 0.972. The van der Waals surface area contributed by atoms with Gasteiger partial charge in [-0.1, -0.05) is 20.8 Å². The Morgan fingerprint density at radius 2 is 2.05 bits per heavy atom. The molecule has 4 bridgehead atoms. The minimum absolute atomic E-state index is 0.0366. The molecule has 2 aliphatic carbocycles. The van der Waals surface area contributed by atoms with E-state index in [1.165, 1.54) is 0 Å². The highest BCUT2D eigenvalue weighted by molar-refractivity contribution is 5.75. The van der Waals surface area contributed by atoms with Gasteiger partial charge in [0.1, 0.15) is 12.2 Å². The molecular weight excluding hydrogens is 268 g/mol. The molecule has 4 nitrogen and oxygen atoms in total. The van der Waals surface area contributed by atoms with Crippen molar-refractivity contribution in [3.63, 3.8) is 0 Å². The smallest absolute Gasteiger partial charge is 0.309 e. The number of hydrogen-bond donors (Lipinski definition) is 0. The highest BCUT2D eigenvalue weighted by Gasteiger charge is 2.51. The molecule has 0 spiro atoms. The van der Waals surface area contributed by atoms with E-state index < -0.39 is 0 Å². The Hall–Kier alpha value is -1.06. The Morgan fingerprint density at radius 1 is 1.29 bits per heavy atom. The van der Waals surface area contributed by atoms with Crippen molar-refractivity contribution in [3.05, 3.63) is 0 Å². The lowest BCUT2D eigenvalue weighted by Gasteiger charge is -2.41. The van der Waals surface area contributed by atoms with E-state index in [0.717, 1.165) is 32.1 Å². The van der Waals surface area contributed by atoms with Crippen LogP contribution in [0.25, 0.3) is 0 Å². The molecule has 4 fully saturated rings. The maximum Gasteiger partial charge on any atom is 0.309 e. The fraction of sp³-hybridized carbons (Fsp3) is 0.882. The van der Waals surface area contributed by atoms with Gasteiger partial charge >= 0.3 is 11.9 Å². The van der Waals surface area contributed by atoms with Crippen molar-refractivity contribution in [1.29, 1.82) is 0 Å². The number of carbonyl (C=O) groups excluding carboxylic acids is 2. The fourth-order valence-electron chi connectivity index (χ4n) is 4.57. The Bertz CT molecular complexity index is 431. The monoisotopic (exact) mass is 294 g/mol. The second-order valence-corrected chi connectivity index (χ2v) is 7.40. The van der Waals surface area contributed by atoms with Crippen molar-refractivity contribution < 1.29 is 19.1 Å². The average molecular weight is 294 g/mol. The first-order valence-electron chi connectivity index (χ1n) is 8.40. The van der Waals surface area contributed by atoms with E-state index in [-0.39, 0.29) is 41.9 Å². The molecule has 2 saturated carbocycles. The molecule has 0 aromatic rings. The Labute approximate surface area is 126 Å². The molecule has 0 aromatic heterocycles. The second kappa shape index (κ2) is 5.62. The Balaban J connectivity index is 1.74. The summed E-state index contributed by atoms with van der Waals surface area (Å²) in [6, 6.07) is 0. The third kappa shape index (κ3) is 2.69. The number of esters is 2. The van der Waals surface area contributed by atoms with E-state index in [0.29, 0.717) is 11.8 Å². The minimum Gasteiger partial charge on any atom is -0.458 e. The number of rotatable bonds is 4. The largest absolute Gasteiger partial charge is 0.458 e. The molecule has 0 radical (unpaired) electrons. The predicted octanol–water partition coefficient (Wildman–Crippen LogP) is 2.94. The van der Waals surface area contributed by atoms with Gasteiger partial charge in [-0.15, -0.1) is 0 Å². The van der Waals surface area contributed by atoms with E-state index in [2.05, 4.69) is 13.8 Å². The molecular formula is C17H26O4. The van der Waals surface area contributed by atoms with Crippen molar-refractivity contribution in [2.45, 2.75) is 65.1 Å². The molecule has 0 aromatic carbocycles. The molecule has 6 unspecified atom stereocenters. The van der Waals surface area contributed by atoms with Crippen LogP contribution < -0.4 is 0 Å². The van der Waals surface area contributed by atoms with Gasteiger partial charge in [0.15, 0.2) is 0 Å². The lowest BCUT2D eigenvalue weighted by molar-refractivity contribution is -0.177. The normalized spacial score (nSPS) is 39.0. The van der Waals surface area contributed by atoms with Crippen LogP contribution in [-0.4, -0.2) is 24.1 Å². The van der Waals surface area contributed by atoms with Crippen molar-refractivity contribution >= 4 is 11.9 Å². The van der Waals surface area contributed by atoms with Gasteiger partial charge in [-0.3, -0.25) is 9.59 Å². The molecule has 0 N–H and O–H groups in total. The van der Waals surface area contributed by atoms with Crippen molar-refractivity contribution in [2.75, 3.05) is 0 Å². The van der Waals surface area contributed by atoms with E-state index >= 15 is 0 Å². The zero-order valence-electron chi connectivity index (χ0n) is 13.2. The topological polar surface area (TPSA) is 52.6 Å². The van der Waals surface area contributed by atoms with Crippen molar-refractivity contribution in [2.24, 2.45) is 29.6 Å². The summed E-state index contributed by atoms with van der Waals surface area (Å²) >= 11 is 0. The summed E-state index contributed by atoms with van der Waals surface area (Å²) in [6.45, 7) is 6.13. The number of ether oxygens (including phenoxy) is 2. The quantitative estimate of drug-likeness (QED) is 0.748. The first-order valence-corrected chi connectivity index (χ1v) is 8.40. The molecule has 0 amide bonds. The van der Waals surface area contributed by atoms with E-state index in [1.54, 1.807) is 0 Å². The van der Waals surface area contributed by atoms with E-state index in [1.807, 2.05) is 6.92 Å². The minimum atomic E-state index is -0.212. The van der Waals surface area contributed by atoms with Crippen LogP contribution in [0.5, 0.6) is 0 Å². The van der Waals surface area contributed by atoms with Gasteiger partial charge in [0.25, 0.3) is 0 Å². The second-order valence-electron chi connectivity index (χ2n) is 7.40. The van der Waals surface area contributed by atoms with Crippen LogP contribution in [0, 0.1) is 29.6 Å². The molecule has 4 rings (SSSR count). The molecule has 2 saturated heterocycles. The molecule has 6 atom stereocenters. The number of fused-ring (bicyclic) bond motifs is 1. The van der Waals surface area contributed by atoms with Gasteiger partial charge in [-0.05, 0) is 43.9 Å². The molecule has 4 heteroatoms. The number of carbonyl (C=O) groups is 2. The highest BCUT2D eigenvalue weighted by Crippen LogP contribution is 2.48. The van der Waals surface area contributed by atoms with Crippen LogP contribution in [0.4, 0.5) is 0 Å². The lowest BCUT2D eigenvalue weighted by Crippen LogP contribution is -2.46. The molecule has 21 heavy (non-hydrogen) atoms. The zero-order chi connectivity index (χ0) is 15.1. The molecule has 2 heterocycles. The molecule has 2 aliphatic heterocycles. The molecule has 118 valence electrons. The van der Waals surface area contributed by atoms with Crippen LogP contribution in [0.3, 0.4) is 0 Å². The van der Waals surface area contributed by atoms with Crippen LogP contribution in [0.1, 0.15) is 52.9 Å². The lowest BCUT2D eigenvalue weighted by atomic mass is 9.67. The summed E-state index contributed by atoms with van der Waals surface area (Å²) in [6.07, 6.45) is 4.13. The summed E-state index contributed by atoms with van der Waals surface area (Å²) in [7, 11) is 0. The Kier molecular flexibility index (Phi) is 3.98. The summed E-state index contributed by atoms with van der Waals surface area (Å²) in [5, 5.41) is 0. The van der Waals surface area contributed by atoms with Crippen LogP contribution in [0.15, 0.2) is 0 Å². The van der Waals surface area contributed by atoms with Gasteiger partial charge in [-0.25, -0.2) is 0 Å². The fourth-order valence-corrected chi connectivity index (χ4v) is 4.57. The maximum absolute atomic E-state index is 12.4. The third-order valence-corrected chi connectivity index (χ3v) is 5.64. The van der Waals surface area contributed by atoms with Gasteiger partial charge in [0.2, 0.25) is 0 Å². The van der Waals surface area contributed by atoms with Crippen molar-refractivity contribution in [1.82, 2.24) is 0 Å². The Morgan fingerprint density at radius 3 is 2.71 bits per heavy atom. The van der Waals surface area contributed by atoms with Crippen LogP contribution >= 0.6 is 0 Å². The standard InChI is InChI=1S/C17H26O4/c1-4-13(9(2)3)17(19)21-15-11-5-10-6-12(8-11)16(18)20-14(15)7-10/h9-15H,4-8H2,1-3H3. The third-order valence-electron chi connectivity index (χ3n) is 5.64. The highest BCUT2D eigenvalue weighted by atomic mass is 16.6.